The number of rotatable bonds is 4. The predicted molar refractivity (Wildman–Crippen MR) is 62.8 cm³/mol. The molecule has 1 N–H and O–H groups in total. The second-order valence-corrected chi connectivity index (χ2v) is 5.02. The normalized spacial score (nSPS) is 13.5. The summed E-state index contributed by atoms with van der Waals surface area (Å²) in [4.78, 5) is 11.5. The molecule has 1 amide bonds. The van der Waals surface area contributed by atoms with Crippen molar-refractivity contribution < 1.29 is 9.53 Å². The molecule has 0 saturated carbocycles. The van der Waals surface area contributed by atoms with Crippen LogP contribution in [-0.2, 0) is 4.74 Å². The van der Waals surface area contributed by atoms with Crippen molar-refractivity contribution in [3.05, 3.63) is 12.7 Å². The van der Waals surface area contributed by atoms with E-state index in [1.165, 1.54) is 0 Å². The minimum absolute atomic E-state index is 0.0948. The molecule has 15 heavy (non-hydrogen) atoms. The van der Waals surface area contributed by atoms with Crippen LogP contribution in [0.1, 0.15) is 41.0 Å². The fourth-order valence-corrected chi connectivity index (χ4v) is 1.14. The van der Waals surface area contributed by atoms with Gasteiger partial charge in [-0.05, 0) is 33.1 Å². The highest BCUT2D eigenvalue weighted by atomic mass is 16.6. The molecule has 0 radical (unpaired) electrons. The molecule has 0 aliphatic heterocycles. The topological polar surface area (TPSA) is 38.3 Å². The van der Waals surface area contributed by atoms with Gasteiger partial charge in [0.15, 0.2) is 0 Å². The van der Waals surface area contributed by atoms with Gasteiger partial charge in [0, 0.05) is 6.04 Å². The first-order valence-corrected chi connectivity index (χ1v) is 5.36. The fraction of sp³-hybridized carbons (Fsp3) is 0.750. The van der Waals surface area contributed by atoms with Crippen LogP contribution in [0, 0.1) is 5.92 Å². The monoisotopic (exact) mass is 213 g/mol. The Balaban J connectivity index is 4.17. The smallest absolute Gasteiger partial charge is 0.407 e. The third kappa shape index (κ3) is 7.00. The van der Waals surface area contributed by atoms with E-state index in [1.54, 1.807) is 0 Å². The maximum atomic E-state index is 11.5. The summed E-state index contributed by atoms with van der Waals surface area (Å²) < 4.78 is 5.18. The van der Waals surface area contributed by atoms with E-state index in [2.05, 4.69) is 25.7 Å². The summed E-state index contributed by atoms with van der Waals surface area (Å²) in [6, 6.07) is 0.0948. The first-order chi connectivity index (χ1) is 6.76. The van der Waals surface area contributed by atoms with E-state index in [4.69, 9.17) is 4.74 Å². The summed E-state index contributed by atoms with van der Waals surface area (Å²) >= 11 is 0. The number of carbonyl (C=O) groups is 1. The molecule has 0 bridgehead atoms. The van der Waals surface area contributed by atoms with Crippen molar-refractivity contribution in [1.29, 1.82) is 0 Å². The summed E-state index contributed by atoms with van der Waals surface area (Å²) in [6.07, 6.45) is 2.21. The van der Waals surface area contributed by atoms with Crippen LogP contribution in [-0.4, -0.2) is 17.7 Å². The second kappa shape index (κ2) is 5.79. The van der Waals surface area contributed by atoms with Crippen LogP contribution in [0.2, 0.25) is 0 Å². The Kier molecular flexibility index (Phi) is 5.40. The molecule has 0 aromatic rings. The van der Waals surface area contributed by atoms with Gasteiger partial charge in [-0.25, -0.2) is 4.79 Å². The lowest BCUT2D eigenvalue weighted by atomic mass is 10.0. The molecule has 0 aliphatic rings. The molecule has 0 unspecified atom stereocenters. The van der Waals surface area contributed by atoms with Crippen LogP contribution in [0.25, 0.3) is 0 Å². The maximum absolute atomic E-state index is 11.5. The van der Waals surface area contributed by atoms with E-state index >= 15 is 0 Å². The lowest BCUT2D eigenvalue weighted by Gasteiger charge is -2.25. The van der Waals surface area contributed by atoms with Gasteiger partial charge in [-0.3, -0.25) is 0 Å². The van der Waals surface area contributed by atoms with E-state index in [-0.39, 0.29) is 12.1 Å². The van der Waals surface area contributed by atoms with Gasteiger partial charge in [-0.2, -0.15) is 0 Å². The zero-order valence-electron chi connectivity index (χ0n) is 10.5. The SMILES string of the molecule is C=CC[C@@H](NC(=O)OC(C)(C)C)C(C)C. The molecule has 3 heteroatoms. The zero-order chi connectivity index (χ0) is 12.1. The van der Waals surface area contributed by atoms with Crippen LogP contribution < -0.4 is 5.32 Å². The molecule has 3 nitrogen and oxygen atoms in total. The Bertz CT molecular complexity index is 216. The Labute approximate surface area is 92.9 Å². The zero-order valence-corrected chi connectivity index (χ0v) is 10.5. The number of carbonyl (C=O) groups excluding carboxylic acids is 1. The Morgan fingerprint density at radius 2 is 2.00 bits per heavy atom. The number of hydrogen-bond donors (Lipinski definition) is 1. The first-order valence-electron chi connectivity index (χ1n) is 5.36. The van der Waals surface area contributed by atoms with Crippen molar-refractivity contribution in [3.8, 4) is 0 Å². The van der Waals surface area contributed by atoms with Gasteiger partial charge in [-0.1, -0.05) is 19.9 Å². The van der Waals surface area contributed by atoms with Crippen molar-refractivity contribution in [3.63, 3.8) is 0 Å². The largest absolute Gasteiger partial charge is 0.444 e. The third-order valence-corrected chi connectivity index (χ3v) is 1.93. The number of ether oxygens (including phenoxy) is 1. The average molecular weight is 213 g/mol. The molecule has 0 fully saturated rings. The fourth-order valence-electron chi connectivity index (χ4n) is 1.14. The van der Waals surface area contributed by atoms with E-state index in [0.717, 1.165) is 6.42 Å². The Morgan fingerprint density at radius 3 is 2.33 bits per heavy atom. The number of amides is 1. The predicted octanol–water partition coefficient (Wildman–Crippen LogP) is 3.11. The van der Waals surface area contributed by atoms with E-state index < -0.39 is 5.60 Å². The quantitative estimate of drug-likeness (QED) is 0.729. The van der Waals surface area contributed by atoms with Gasteiger partial charge < -0.3 is 10.1 Å². The molecule has 0 rings (SSSR count). The molecule has 88 valence electrons. The van der Waals surface area contributed by atoms with Crippen molar-refractivity contribution >= 4 is 6.09 Å². The molecule has 0 heterocycles. The average Bonchev–Trinajstić information content (AvgIpc) is 1.99. The highest BCUT2D eigenvalue weighted by molar-refractivity contribution is 5.68. The van der Waals surface area contributed by atoms with Crippen molar-refractivity contribution in [1.82, 2.24) is 5.32 Å². The highest BCUT2D eigenvalue weighted by Crippen LogP contribution is 2.10. The van der Waals surface area contributed by atoms with E-state index in [0.29, 0.717) is 5.92 Å². The van der Waals surface area contributed by atoms with Crippen LogP contribution in [0.15, 0.2) is 12.7 Å². The minimum atomic E-state index is -0.445. The van der Waals surface area contributed by atoms with Crippen molar-refractivity contribution in [2.24, 2.45) is 5.92 Å². The van der Waals surface area contributed by atoms with Gasteiger partial charge in [0.2, 0.25) is 0 Å². The number of nitrogens with one attached hydrogen (secondary N) is 1. The van der Waals surface area contributed by atoms with Gasteiger partial charge in [0.1, 0.15) is 5.60 Å². The van der Waals surface area contributed by atoms with E-state index in [1.807, 2.05) is 26.8 Å². The molecular weight excluding hydrogens is 190 g/mol. The minimum Gasteiger partial charge on any atom is -0.444 e. The van der Waals surface area contributed by atoms with Crippen LogP contribution in [0.4, 0.5) is 4.79 Å². The Hall–Kier alpha value is -0.990. The summed E-state index contributed by atoms with van der Waals surface area (Å²) in [7, 11) is 0. The van der Waals surface area contributed by atoms with Crippen LogP contribution in [0.3, 0.4) is 0 Å². The summed E-state index contributed by atoms with van der Waals surface area (Å²) in [5, 5.41) is 2.84. The van der Waals surface area contributed by atoms with Crippen molar-refractivity contribution in [2.45, 2.75) is 52.7 Å². The van der Waals surface area contributed by atoms with Gasteiger partial charge >= 0.3 is 6.09 Å². The van der Waals surface area contributed by atoms with Gasteiger partial charge in [0.05, 0.1) is 0 Å². The third-order valence-electron chi connectivity index (χ3n) is 1.93. The molecular formula is C12H23NO2. The molecule has 0 saturated heterocycles. The molecule has 0 spiro atoms. The standard InChI is InChI=1S/C12H23NO2/c1-7-8-10(9(2)3)13-11(14)15-12(4,5)6/h7,9-10H,1,8H2,2-6H3,(H,13,14)/t10-/m1/s1. The van der Waals surface area contributed by atoms with Crippen LogP contribution >= 0.6 is 0 Å². The van der Waals surface area contributed by atoms with Crippen LogP contribution in [0.5, 0.6) is 0 Å². The lowest BCUT2D eigenvalue weighted by molar-refractivity contribution is 0.0491. The number of hydrogen-bond acceptors (Lipinski definition) is 2. The summed E-state index contributed by atoms with van der Waals surface area (Å²) in [5.74, 6) is 0.371. The lowest BCUT2D eigenvalue weighted by Crippen LogP contribution is -2.41. The summed E-state index contributed by atoms with van der Waals surface area (Å²) in [5.41, 5.74) is -0.445. The first kappa shape index (κ1) is 14.0. The Morgan fingerprint density at radius 1 is 1.47 bits per heavy atom. The second-order valence-electron chi connectivity index (χ2n) is 5.02. The summed E-state index contributed by atoms with van der Waals surface area (Å²) in [6.45, 7) is 13.3. The number of alkyl carbamates (subject to hydrolysis) is 1. The van der Waals surface area contributed by atoms with Gasteiger partial charge in [-0.15, -0.1) is 6.58 Å². The van der Waals surface area contributed by atoms with Gasteiger partial charge in [0.25, 0.3) is 0 Å². The molecule has 1 atom stereocenters. The maximum Gasteiger partial charge on any atom is 0.407 e. The van der Waals surface area contributed by atoms with Crippen molar-refractivity contribution in [2.75, 3.05) is 0 Å². The molecule has 0 aromatic carbocycles. The highest BCUT2D eigenvalue weighted by Gasteiger charge is 2.20. The molecule has 0 aliphatic carbocycles. The van der Waals surface area contributed by atoms with E-state index in [9.17, 15) is 4.79 Å². The molecule has 0 aromatic heterocycles.